The summed E-state index contributed by atoms with van der Waals surface area (Å²) < 4.78 is 6.84. The van der Waals surface area contributed by atoms with Gasteiger partial charge in [-0.1, -0.05) is 29.5 Å². The summed E-state index contributed by atoms with van der Waals surface area (Å²) >= 11 is 0. The minimum Gasteiger partial charge on any atom is -0.466 e. The molecule has 1 amide bonds. The third-order valence-corrected chi connectivity index (χ3v) is 4.97. The maximum atomic E-state index is 12.8. The van der Waals surface area contributed by atoms with Crippen LogP contribution in [-0.2, 0) is 9.53 Å². The minimum atomic E-state index is -0.489. The summed E-state index contributed by atoms with van der Waals surface area (Å²) in [5.74, 6) is -0.702. The minimum absolute atomic E-state index is 0. The van der Waals surface area contributed by atoms with Crippen molar-refractivity contribution in [3.05, 3.63) is 47.3 Å². The molecule has 1 aliphatic rings. The highest BCUT2D eigenvalue weighted by molar-refractivity contribution is 5.92. The van der Waals surface area contributed by atoms with E-state index in [0.717, 1.165) is 37.1 Å². The Bertz CT molecular complexity index is 820. The molecule has 3 rings (SSSR count). The molecule has 2 heterocycles. The number of nitrogens with one attached hydrogen (secondary N) is 2. The van der Waals surface area contributed by atoms with Crippen LogP contribution in [0.5, 0.6) is 0 Å². The summed E-state index contributed by atoms with van der Waals surface area (Å²) in [7, 11) is 0. The lowest BCUT2D eigenvalue weighted by Gasteiger charge is -2.22. The fraction of sp³-hybridized carbons (Fsp3) is 0.500. The zero-order valence-corrected chi connectivity index (χ0v) is 17.6. The van der Waals surface area contributed by atoms with E-state index in [9.17, 15) is 9.59 Å². The molecular formula is C20H28ClN5O3. The molecule has 2 N–H and O–H groups in total. The predicted octanol–water partition coefficient (Wildman–Crippen LogP) is 2.36. The zero-order chi connectivity index (χ0) is 19.9. The summed E-state index contributed by atoms with van der Waals surface area (Å²) in [6.45, 7) is 5.88. The predicted molar refractivity (Wildman–Crippen MR) is 111 cm³/mol. The van der Waals surface area contributed by atoms with E-state index in [4.69, 9.17) is 4.74 Å². The SMILES string of the molecule is CCOC(=O)CC(NC(=O)c1cn(C2CCNCC2)nn1)c1ccccc1C.Cl. The van der Waals surface area contributed by atoms with Gasteiger partial charge in [0.1, 0.15) is 0 Å². The first-order valence-corrected chi connectivity index (χ1v) is 9.73. The fourth-order valence-corrected chi connectivity index (χ4v) is 3.47. The van der Waals surface area contributed by atoms with Gasteiger partial charge in [-0.15, -0.1) is 17.5 Å². The molecule has 0 spiro atoms. The van der Waals surface area contributed by atoms with Crippen molar-refractivity contribution < 1.29 is 14.3 Å². The zero-order valence-electron chi connectivity index (χ0n) is 16.8. The molecule has 0 aliphatic carbocycles. The Morgan fingerprint density at radius 3 is 2.72 bits per heavy atom. The number of amides is 1. The second-order valence-electron chi connectivity index (χ2n) is 6.96. The van der Waals surface area contributed by atoms with E-state index >= 15 is 0 Å². The molecule has 1 aliphatic heterocycles. The van der Waals surface area contributed by atoms with Crippen molar-refractivity contribution >= 4 is 24.3 Å². The number of rotatable bonds is 7. The van der Waals surface area contributed by atoms with Crippen molar-refractivity contribution in [2.24, 2.45) is 0 Å². The molecule has 1 aromatic heterocycles. The van der Waals surface area contributed by atoms with Gasteiger partial charge in [0.25, 0.3) is 5.91 Å². The van der Waals surface area contributed by atoms with Gasteiger partial charge in [0.2, 0.25) is 0 Å². The lowest BCUT2D eigenvalue weighted by atomic mass is 9.98. The Labute approximate surface area is 176 Å². The van der Waals surface area contributed by atoms with Gasteiger partial charge in [-0.25, -0.2) is 4.68 Å². The average Bonchev–Trinajstić information content (AvgIpc) is 3.19. The first-order valence-electron chi connectivity index (χ1n) is 9.73. The van der Waals surface area contributed by atoms with Gasteiger partial charge in [0.05, 0.1) is 31.3 Å². The van der Waals surface area contributed by atoms with Crippen LogP contribution in [0.4, 0.5) is 0 Å². The van der Waals surface area contributed by atoms with E-state index in [1.54, 1.807) is 17.8 Å². The Balaban J connectivity index is 0.00000300. The van der Waals surface area contributed by atoms with Crippen LogP contribution in [0.15, 0.2) is 30.5 Å². The number of aryl methyl sites for hydroxylation is 1. The molecule has 2 aromatic rings. The first-order chi connectivity index (χ1) is 13.6. The van der Waals surface area contributed by atoms with Crippen LogP contribution in [-0.4, -0.2) is 46.6 Å². The molecular weight excluding hydrogens is 394 g/mol. The Morgan fingerprint density at radius 1 is 1.31 bits per heavy atom. The van der Waals surface area contributed by atoms with E-state index in [2.05, 4.69) is 20.9 Å². The van der Waals surface area contributed by atoms with Gasteiger partial charge in [-0.2, -0.15) is 0 Å². The number of nitrogens with zero attached hydrogens (tertiary/aromatic N) is 3. The summed E-state index contributed by atoms with van der Waals surface area (Å²) in [5, 5.41) is 14.4. The number of ether oxygens (including phenoxy) is 1. The third kappa shape index (κ3) is 6.01. The van der Waals surface area contributed by atoms with Crippen molar-refractivity contribution in [2.45, 2.75) is 45.2 Å². The lowest BCUT2D eigenvalue weighted by molar-refractivity contribution is -0.143. The number of hydrogen-bond donors (Lipinski definition) is 2. The molecule has 0 radical (unpaired) electrons. The van der Waals surface area contributed by atoms with Crippen LogP contribution in [0.25, 0.3) is 0 Å². The van der Waals surface area contributed by atoms with Crippen LogP contribution >= 0.6 is 12.4 Å². The van der Waals surface area contributed by atoms with Crippen LogP contribution in [0.3, 0.4) is 0 Å². The smallest absolute Gasteiger partial charge is 0.308 e. The maximum absolute atomic E-state index is 12.8. The molecule has 0 bridgehead atoms. The second kappa shape index (κ2) is 10.9. The van der Waals surface area contributed by atoms with Crippen LogP contribution in [0, 0.1) is 6.92 Å². The monoisotopic (exact) mass is 421 g/mol. The standard InChI is InChI=1S/C20H27N5O3.ClH/c1-3-28-19(26)12-17(16-7-5-4-6-14(16)2)22-20(27)18-13-25(24-23-18)15-8-10-21-11-9-15;/h4-7,13,15,17,21H,3,8-12H2,1-2H3,(H,22,27);1H. The van der Waals surface area contributed by atoms with Gasteiger partial charge in [-0.05, 0) is 50.9 Å². The maximum Gasteiger partial charge on any atom is 0.308 e. The van der Waals surface area contributed by atoms with E-state index in [-0.39, 0.29) is 42.4 Å². The molecule has 1 atom stereocenters. The Hall–Kier alpha value is -2.45. The molecule has 9 heteroatoms. The Morgan fingerprint density at radius 2 is 2.03 bits per heavy atom. The van der Waals surface area contributed by atoms with Crippen LogP contribution in [0.2, 0.25) is 0 Å². The van der Waals surface area contributed by atoms with Crippen molar-refractivity contribution in [3.63, 3.8) is 0 Å². The number of halogens is 1. The average molecular weight is 422 g/mol. The highest BCUT2D eigenvalue weighted by Gasteiger charge is 2.24. The molecule has 29 heavy (non-hydrogen) atoms. The third-order valence-electron chi connectivity index (χ3n) is 4.97. The number of hydrogen-bond acceptors (Lipinski definition) is 6. The van der Waals surface area contributed by atoms with E-state index in [0.29, 0.717) is 6.61 Å². The number of aromatic nitrogens is 3. The summed E-state index contributed by atoms with van der Waals surface area (Å²) in [5.41, 5.74) is 2.13. The highest BCUT2D eigenvalue weighted by Crippen LogP contribution is 2.22. The van der Waals surface area contributed by atoms with Gasteiger partial charge in [0.15, 0.2) is 5.69 Å². The van der Waals surface area contributed by atoms with Crippen molar-refractivity contribution in [1.29, 1.82) is 0 Å². The quantitative estimate of drug-likeness (QED) is 0.666. The molecule has 158 valence electrons. The van der Waals surface area contributed by atoms with Crippen molar-refractivity contribution in [1.82, 2.24) is 25.6 Å². The Kier molecular flexibility index (Phi) is 8.60. The lowest BCUT2D eigenvalue weighted by Crippen LogP contribution is -2.31. The number of carbonyl (C=O) groups excluding carboxylic acids is 2. The van der Waals surface area contributed by atoms with E-state index < -0.39 is 6.04 Å². The highest BCUT2D eigenvalue weighted by atomic mass is 35.5. The number of esters is 1. The number of benzene rings is 1. The van der Waals surface area contributed by atoms with Gasteiger partial charge < -0.3 is 15.4 Å². The summed E-state index contributed by atoms with van der Waals surface area (Å²) in [6, 6.07) is 7.43. The molecule has 0 saturated carbocycles. The molecule has 1 unspecified atom stereocenters. The second-order valence-corrected chi connectivity index (χ2v) is 6.96. The van der Waals surface area contributed by atoms with Crippen LogP contribution in [0.1, 0.15) is 59.9 Å². The molecule has 1 saturated heterocycles. The fourth-order valence-electron chi connectivity index (χ4n) is 3.47. The summed E-state index contributed by atoms with van der Waals surface area (Å²) in [6.07, 6.45) is 3.66. The van der Waals surface area contributed by atoms with Crippen molar-refractivity contribution in [2.75, 3.05) is 19.7 Å². The topological polar surface area (TPSA) is 98.1 Å². The molecule has 1 aromatic carbocycles. The largest absolute Gasteiger partial charge is 0.466 e. The van der Waals surface area contributed by atoms with E-state index in [1.165, 1.54) is 0 Å². The molecule has 8 nitrogen and oxygen atoms in total. The van der Waals surface area contributed by atoms with Gasteiger partial charge >= 0.3 is 5.97 Å². The van der Waals surface area contributed by atoms with Gasteiger partial charge in [0, 0.05) is 0 Å². The van der Waals surface area contributed by atoms with Crippen molar-refractivity contribution in [3.8, 4) is 0 Å². The number of piperidine rings is 1. The number of carbonyl (C=O) groups is 2. The van der Waals surface area contributed by atoms with Gasteiger partial charge in [-0.3, -0.25) is 9.59 Å². The first kappa shape index (κ1) is 22.8. The molecule has 1 fully saturated rings. The summed E-state index contributed by atoms with van der Waals surface area (Å²) in [4.78, 5) is 24.8. The normalized spacial score (nSPS) is 15.2. The van der Waals surface area contributed by atoms with Crippen LogP contribution < -0.4 is 10.6 Å². The van der Waals surface area contributed by atoms with E-state index in [1.807, 2.05) is 31.2 Å².